The first-order valence-corrected chi connectivity index (χ1v) is 7.18. The van der Waals surface area contributed by atoms with Crippen molar-refractivity contribution in [2.75, 3.05) is 18.0 Å². The summed E-state index contributed by atoms with van der Waals surface area (Å²) < 4.78 is 2.12. The second kappa shape index (κ2) is 5.60. The molecule has 0 amide bonds. The molecule has 21 heavy (non-hydrogen) atoms. The van der Waals surface area contributed by atoms with Gasteiger partial charge in [-0.15, -0.1) is 0 Å². The molecule has 110 valence electrons. The molecule has 0 aliphatic carbocycles. The lowest BCUT2D eigenvalue weighted by molar-refractivity contribution is -0.137. The maximum absolute atomic E-state index is 11.0. The van der Waals surface area contributed by atoms with Crippen molar-refractivity contribution >= 4 is 11.7 Å². The summed E-state index contributed by atoms with van der Waals surface area (Å²) in [5, 5.41) is 9.07. The second-order valence-electron chi connectivity index (χ2n) is 5.47. The highest BCUT2D eigenvalue weighted by Crippen LogP contribution is 2.37. The summed E-state index contributed by atoms with van der Waals surface area (Å²) in [7, 11) is 0. The van der Waals surface area contributed by atoms with Gasteiger partial charge in [0, 0.05) is 43.6 Å². The maximum atomic E-state index is 11.0. The molecule has 1 aliphatic rings. The SMILES string of the molecule is Cc1nccn1CCN1CC(CC(=O)O)c2ccccc21. The number of hydrogen-bond donors (Lipinski definition) is 1. The van der Waals surface area contributed by atoms with Gasteiger partial charge in [-0.05, 0) is 18.6 Å². The Bertz CT molecular complexity index is 650. The molecule has 5 nitrogen and oxygen atoms in total. The van der Waals surface area contributed by atoms with Crippen LogP contribution in [0.25, 0.3) is 0 Å². The van der Waals surface area contributed by atoms with Crippen LogP contribution in [0.5, 0.6) is 0 Å². The van der Waals surface area contributed by atoms with Gasteiger partial charge in [-0.2, -0.15) is 0 Å². The van der Waals surface area contributed by atoms with Crippen LogP contribution in [0.4, 0.5) is 5.69 Å². The minimum Gasteiger partial charge on any atom is -0.481 e. The van der Waals surface area contributed by atoms with Crippen molar-refractivity contribution in [2.45, 2.75) is 25.8 Å². The van der Waals surface area contributed by atoms with Crippen LogP contribution in [0.1, 0.15) is 23.7 Å². The monoisotopic (exact) mass is 285 g/mol. The molecule has 0 saturated carbocycles. The highest BCUT2D eigenvalue weighted by Gasteiger charge is 2.29. The van der Waals surface area contributed by atoms with E-state index in [0.29, 0.717) is 0 Å². The number of anilines is 1. The van der Waals surface area contributed by atoms with Gasteiger partial charge < -0.3 is 14.6 Å². The Morgan fingerprint density at radius 2 is 2.19 bits per heavy atom. The molecule has 5 heteroatoms. The third kappa shape index (κ3) is 2.77. The van der Waals surface area contributed by atoms with Crippen LogP contribution >= 0.6 is 0 Å². The van der Waals surface area contributed by atoms with E-state index in [4.69, 9.17) is 5.11 Å². The Kier molecular flexibility index (Phi) is 3.64. The van der Waals surface area contributed by atoms with E-state index < -0.39 is 5.97 Å². The van der Waals surface area contributed by atoms with Gasteiger partial charge in [-0.3, -0.25) is 4.79 Å². The number of nitrogens with zero attached hydrogens (tertiary/aromatic N) is 3. The Balaban J connectivity index is 1.75. The first kappa shape index (κ1) is 13.7. The van der Waals surface area contributed by atoms with E-state index in [1.54, 1.807) is 6.20 Å². The summed E-state index contributed by atoms with van der Waals surface area (Å²) in [4.78, 5) is 17.5. The molecule has 0 radical (unpaired) electrons. The van der Waals surface area contributed by atoms with Crippen LogP contribution in [0, 0.1) is 6.92 Å². The highest BCUT2D eigenvalue weighted by molar-refractivity contribution is 5.71. The number of aromatic nitrogens is 2. The molecule has 0 spiro atoms. The van der Waals surface area contributed by atoms with E-state index in [0.717, 1.165) is 31.0 Å². The van der Waals surface area contributed by atoms with Gasteiger partial charge in [-0.25, -0.2) is 4.98 Å². The molecular weight excluding hydrogens is 266 g/mol. The minimum atomic E-state index is -0.734. The lowest BCUT2D eigenvalue weighted by Crippen LogP contribution is -2.27. The molecule has 3 rings (SSSR count). The number of benzene rings is 1. The minimum absolute atomic E-state index is 0.0857. The quantitative estimate of drug-likeness (QED) is 0.915. The molecule has 0 saturated heterocycles. The fourth-order valence-electron chi connectivity index (χ4n) is 3.05. The molecule has 1 unspecified atom stereocenters. The molecule has 0 fully saturated rings. The van der Waals surface area contributed by atoms with Crippen molar-refractivity contribution in [3.05, 3.63) is 48.0 Å². The summed E-state index contributed by atoms with van der Waals surface area (Å²) in [6.45, 7) is 4.49. The lowest BCUT2D eigenvalue weighted by Gasteiger charge is -2.20. The summed E-state index contributed by atoms with van der Waals surface area (Å²) >= 11 is 0. The van der Waals surface area contributed by atoms with Gasteiger partial charge in [-0.1, -0.05) is 18.2 Å². The zero-order valence-corrected chi connectivity index (χ0v) is 12.1. The number of carboxylic acid groups (broad SMARTS) is 1. The molecule has 1 atom stereocenters. The van der Waals surface area contributed by atoms with Crippen molar-refractivity contribution in [1.82, 2.24) is 9.55 Å². The second-order valence-corrected chi connectivity index (χ2v) is 5.47. The molecule has 1 N–H and O–H groups in total. The third-order valence-electron chi connectivity index (χ3n) is 4.11. The van der Waals surface area contributed by atoms with Gasteiger partial charge in [0.15, 0.2) is 0 Å². The number of aliphatic carboxylic acids is 1. The number of carbonyl (C=O) groups is 1. The number of para-hydroxylation sites is 1. The van der Waals surface area contributed by atoms with Crippen LogP contribution < -0.4 is 4.90 Å². The number of carboxylic acids is 1. The number of aryl methyl sites for hydroxylation is 1. The van der Waals surface area contributed by atoms with E-state index in [1.165, 1.54) is 5.69 Å². The summed E-state index contributed by atoms with van der Waals surface area (Å²) in [5.41, 5.74) is 2.32. The molecule has 1 aromatic carbocycles. The number of rotatable bonds is 5. The Labute approximate surface area is 123 Å². The Morgan fingerprint density at radius 3 is 2.90 bits per heavy atom. The average Bonchev–Trinajstić information content (AvgIpc) is 3.01. The van der Waals surface area contributed by atoms with Crippen molar-refractivity contribution in [1.29, 1.82) is 0 Å². The highest BCUT2D eigenvalue weighted by atomic mass is 16.4. The third-order valence-corrected chi connectivity index (χ3v) is 4.11. The predicted molar refractivity (Wildman–Crippen MR) is 80.6 cm³/mol. The first-order valence-electron chi connectivity index (χ1n) is 7.18. The van der Waals surface area contributed by atoms with Crippen molar-refractivity contribution < 1.29 is 9.90 Å². The van der Waals surface area contributed by atoms with Crippen LogP contribution in [0.3, 0.4) is 0 Å². The van der Waals surface area contributed by atoms with E-state index in [-0.39, 0.29) is 12.3 Å². The summed E-state index contributed by atoms with van der Waals surface area (Å²) in [6.07, 6.45) is 3.98. The number of imidazole rings is 1. The average molecular weight is 285 g/mol. The largest absolute Gasteiger partial charge is 0.481 e. The first-order chi connectivity index (χ1) is 10.1. The molecule has 2 aromatic rings. The zero-order chi connectivity index (χ0) is 14.8. The van der Waals surface area contributed by atoms with Crippen LogP contribution in [0.2, 0.25) is 0 Å². The van der Waals surface area contributed by atoms with Gasteiger partial charge in [0.25, 0.3) is 0 Å². The fourth-order valence-corrected chi connectivity index (χ4v) is 3.05. The fraction of sp³-hybridized carbons (Fsp3) is 0.375. The number of hydrogen-bond acceptors (Lipinski definition) is 3. The molecule has 1 aromatic heterocycles. The topological polar surface area (TPSA) is 58.4 Å². The Morgan fingerprint density at radius 1 is 1.38 bits per heavy atom. The Hall–Kier alpha value is -2.30. The van der Waals surface area contributed by atoms with Crippen molar-refractivity contribution in [3.63, 3.8) is 0 Å². The standard InChI is InChI=1S/C16H19N3O2/c1-12-17-6-7-18(12)8-9-19-11-13(10-16(20)21)14-4-2-3-5-15(14)19/h2-7,13H,8-11H2,1H3,(H,20,21). The van der Waals surface area contributed by atoms with Crippen LogP contribution in [-0.4, -0.2) is 33.7 Å². The van der Waals surface area contributed by atoms with E-state index in [2.05, 4.69) is 20.5 Å². The maximum Gasteiger partial charge on any atom is 0.304 e. The predicted octanol–water partition coefficient (Wildman–Crippen LogP) is 2.27. The zero-order valence-electron chi connectivity index (χ0n) is 12.1. The summed E-state index contributed by atoms with van der Waals surface area (Å²) in [5.74, 6) is 0.356. The van der Waals surface area contributed by atoms with Crippen LogP contribution in [0.15, 0.2) is 36.7 Å². The van der Waals surface area contributed by atoms with Crippen molar-refractivity contribution in [3.8, 4) is 0 Å². The molecule has 2 heterocycles. The van der Waals surface area contributed by atoms with E-state index in [9.17, 15) is 4.79 Å². The van der Waals surface area contributed by atoms with Gasteiger partial charge >= 0.3 is 5.97 Å². The lowest BCUT2D eigenvalue weighted by atomic mass is 9.98. The smallest absolute Gasteiger partial charge is 0.304 e. The van der Waals surface area contributed by atoms with Crippen LogP contribution in [-0.2, 0) is 11.3 Å². The van der Waals surface area contributed by atoms with Gasteiger partial charge in [0.2, 0.25) is 0 Å². The molecule has 0 bridgehead atoms. The number of fused-ring (bicyclic) bond motifs is 1. The van der Waals surface area contributed by atoms with Gasteiger partial charge in [0.05, 0.1) is 6.42 Å². The van der Waals surface area contributed by atoms with E-state index >= 15 is 0 Å². The molecular formula is C16H19N3O2. The molecule has 1 aliphatic heterocycles. The van der Waals surface area contributed by atoms with Gasteiger partial charge in [0.1, 0.15) is 5.82 Å². The normalized spacial score (nSPS) is 17.0. The summed E-state index contributed by atoms with van der Waals surface area (Å²) in [6, 6.07) is 8.12. The van der Waals surface area contributed by atoms with Crippen molar-refractivity contribution in [2.24, 2.45) is 0 Å². The van der Waals surface area contributed by atoms with E-state index in [1.807, 2.05) is 31.3 Å².